The largest absolute Gasteiger partial charge is 0.460 e. The number of hydrogen-bond acceptors (Lipinski definition) is 5. The van der Waals surface area contributed by atoms with Crippen LogP contribution in [0.3, 0.4) is 0 Å². The highest BCUT2D eigenvalue weighted by molar-refractivity contribution is 5.46. The first-order valence-corrected chi connectivity index (χ1v) is 8.51. The van der Waals surface area contributed by atoms with Gasteiger partial charge in [0.25, 0.3) is 5.88 Å². The zero-order valence-electron chi connectivity index (χ0n) is 13.4. The van der Waals surface area contributed by atoms with Gasteiger partial charge in [-0.3, -0.25) is 9.16 Å². The lowest BCUT2D eigenvalue weighted by molar-refractivity contribution is -1.00. The Bertz CT molecular complexity index is 616. The summed E-state index contributed by atoms with van der Waals surface area (Å²) in [6.07, 6.45) is 7.86. The molecule has 2 saturated heterocycles. The number of aromatic nitrogens is 2. The van der Waals surface area contributed by atoms with Gasteiger partial charge in [0, 0.05) is 12.8 Å². The third-order valence-electron chi connectivity index (χ3n) is 6.01. The average Bonchev–Trinajstić information content (AvgIpc) is 3.06. The first kappa shape index (κ1) is 14.8. The zero-order chi connectivity index (χ0) is 15.9. The summed E-state index contributed by atoms with van der Waals surface area (Å²) in [6, 6.07) is 3.82. The van der Waals surface area contributed by atoms with Crippen molar-refractivity contribution >= 4 is 5.69 Å². The monoisotopic (exact) mass is 318 g/mol. The molecule has 1 aromatic rings. The van der Waals surface area contributed by atoms with Crippen molar-refractivity contribution in [2.75, 3.05) is 32.2 Å². The van der Waals surface area contributed by atoms with E-state index in [0.717, 1.165) is 38.3 Å². The highest BCUT2D eigenvalue weighted by Gasteiger charge is 2.55. The fraction of sp³-hybridized carbons (Fsp3) is 0.750. The number of nitrogen functional groups attached to an aromatic ring is 1. The van der Waals surface area contributed by atoms with E-state index in [4.69, 9.17) is 20.5 Å². The van der Waals surface area contributed by atoms with Crippen molar-refractivity contribution < 1.29 is 14.0 Å². The van der Waals surface area contributed by atoms with Gasteiger partial charge in [-0.2, -0.15) is 5.26 Å². The molecule has 7 heteroatoms. The molecule has 124 valence electrons. The molecular formula is C16H24N5O2+. The van der Waals surface area contributed by atoms with E-state index in [-0.39, 0.29) is 6.61 Å². The van der Waals surface area contributed by atoms with Crippen LogP contribution in [-0.2, 0) is 4.74 Å². The molecule has 1 aliphatic carbocycles. The number of anilines is 1. The van der Waals surface area contributed by atoms with Crippen molar-refractivity contribution in [3.63, 3.8) is 0 Å². The molecule has 3 fully saturated rings. The van der Waals surface area contributed by atoms with Crippen LogP contribution >= 0.6 is 0 Å². The van der Waals surface area contributed by atoms with Crippen molar-refractivity contribution in [3.05, 3.63) is 6.20 Å². The Balaban J connectivity index is 1.39. The Morgan fingerprint density at radius 2 is 2.17 bits per heavy atom. The van der Waals surface area contributed by atoms with Crippen molar-refractivity contribution in [1.82, 2.24) is 9.78 Å². The Hall–Kier alpha value is -1.78. The maximum atomic E-state index is 8.60. The second-order valence-corrected chi connectivity index (χ2v) is 7.05. The molecule has 2 N–H and O–H groups in total. The lowest BCUT2D eigenvalue weighted by Gasteiger charge is -2.53. The van der Waals surface area contributed by atoms with Crippen molar-refractivity contribution in [3.8, 4) is 11.9 Å². The molecule has 4 rings (SSSR count). The van der Waals surface area contributed by atoms with Crippen LogP contribution in [0, 0.1) is 11.3 Å². The fourth-order valence-electron chi connectivity index (χ4n) is 4.62. The number of nitrogens with two attached hydrogens (primary N) is 1. The van der Waals surface area contributed by atoms with E-state index in [0.29, 0.717) is 17.6 Å². The topological polar surface area (TPSA) is 86.1 Å². The molecule has 2 atom stereocenters. The van der Waals surface area contributed by atoms with Gasteiger partial charge in [-0.25, -0.2) is 0 Å². The molecule has 1 aromatic heterocycles. The predicted molar refractivity (Wildman–Crippen MR) is 83.4 cm³/mol. The van der Waals surface area contributed by atoms with E-state index in [1.54, 1.807) is 0 Å². The second-order valence-electron chi connectivity index (χ2n) is 7.05. The molecule has 0 amide bonds. The third-order valence-corrected chi connectivity index (χ3v) is 6.01. The van der Waals surface area contributed by atoms with E-state index in [2.05, 4.69) is 5.10 Å². The van der Waals surface area contributed by atoms with Crippen LogP contribution in [0.15, 0.2) is 6.20 Å². The van der Waals surface area contributed by atoms with E-state index >= 15 is 0 Å². The Kier molecular flexibility index (Phi) is 3.66. The summed E-state index contributed by atoms with van der Waals surface area (Å²) < 4.78 is 14.2. The summed E-state index contributed by atoms with van der Waals surface area (Å²) in [7, 11) is 0. The van der Waals surface area contributed by atoms with E-state index in [1.807, 2.05) is 16.9 Å². The fourth-order valence-corrected chi connectivity index (χ4v) is 4.62. The quantitative estimate of drug-likeness (QED) is 0.849. The van der Waals surface area contributed by atoms with Crippen molar-refractivity contribution in [2.24, 2.45) is 0 Å². The minimum atomic E-state index is -0.0185. The molecule has 7 nitrogen and oxygen atoms in total. The molecule has 0 spiro atoms. The molecule has 1 unspecified atom stereocenters. The molecule has 2 aliphatic heterocycles. The maximum Gasteiger partial charge on any atom is 0.257 e. The Morgan fingerprint density at radius 1 is 1.35 bits per heavy atom. The molecule has 0 aromatic carbocycles. The standard InChI is InChI=1S/C16H24N5O2/c17-6-8-23-16-15(18)9-20(19-16)12-1-3-13(4-2-12)21-7-5-14(21)10-22-11-21/h9,12-14H,1-5,7-8,10-11,18H2/q+1/t12?,13?,14-,21?/m1/s1. The van der Waals surface area contributed by atoms with Gasteiger partial charge in [-0.05, 0) is 12.8 Å². The maximum absolute atomic E-state index is 8.60. The van der Waals surface area contributed by atoms with E-state index in [1.165, 1.54) is 30.3 Å². The summed E-state index contributed by atoms with van der Waals surface area (Å²) in [5.41, 5.74) is 6.44. The van der Waals surface area contributed by atoms with Crippen molar-refractivity contribution in [1.29, 1.82) is 5.26 Å². The van der Waals surface area contributed by atoms with Crippen LogP contribution in [0.25, 0.3) is 0 Å². The molecular weight excluding hydrogens is 294 g/mol. The van der Waals surface area contributed by atoms with Gasteiger partial charge in [-0.1, -0.05) is 0 Å². The van der Waals surface area contributed by atoms with Crippen LogP contribution in [0.1, 0.15) is 38.1 Å². The molecule has 23 heavy (non-hydrogen) atoms. The highest BCUT2D eigenvalue weighted by Crippen LogP contribution is 2.43. The molecule has 0 bridgehead atoms. The van der Waals surface area contributed by atoms with Gasteiger partial charge in [0.1, 0.15) is 24.4 Å². The smallest absolute Gasteiger partial charge is 0.257 e. The number of hydrogen-bond donors (Lipinski definition) is 1. The summed E-state index contributed by atoms with van der Waals surface area (Å²) in [5.74, 6) is 0.381. The molecule has 3 aliphatic rings. The first-order chi connectivity index (χ1) is 11.2. The van der Waals surface area contributed by atoms with Crippen LogP contribution in [-0.4, -0.2) is 52.8 Å². The van der Waals surface area contributed by atoms with Crippen molar-refractivity contribution in [2.45, 2.75) is 50.2 Å². The van der Waals surface area contributed by atoms with Crippen LogP contribution in [0.2, 0.25) is 0 Å². The summed E-state index contributed by atoms with van der Waals surface area (Å²) in [5, 5.41) is 13.0. The summed E-state index contributed by atoms with van der Waals surface area (Å²) in [4.78, 5) is 0. The lowest BCUT2D eigenvalue weighted by atomic mass is 9.84. The average molecular weight is 318 g/mol. The Labute approximate surface area is 136 Å². The van der Waals surface area contributed by atoms with E-state index < -0.39 is 0 Å². The van der Waals surface area contributed by atoms with Crippen LogP contribution in [0.5, 0.6) is 5.88 Å². The zero-order valence-corrected chi connectivity index (χ0v) is 13.4. The normalized spacial score (nSPS) is 36.0. The summed E-state index contributed by atoms with van der Waals surface area (Å²) in [6.45, 7) is 3.15. The number of ether oxygens (including phenoxy) is 2. The summed E-state index contributed by atoms with van der Waals surface area (Å²) >= 11 is 0. The second kappa shape index (κ2) is 5.69. The number of nitrogens with zero attached hydrogens (tertiary/aromatic N) is 4. The van der Waals surface area contributed by atoms with Gasteiger partial charge < -0.3 is 15.2 Å². The van der Waals surface area contributed by atoms with Gasteiger partial charge in [0.05, 0.1) is 31.2 Å². The minimum Gasteiger partial charge on any atom is -0.460 e. The Morgan fingerprint density at radius 3 is 2.83 bits per heavy atom. The number of rotatable bonds is 4. The lowest BCUT2D eigenvalue weighted by Crippen LogP contribution is -2.67. The van der Waals surface area contributed by atoms with Gasteiger partial charge in [-0.15, -0.1) is 5.10 Å². The van der Waals surface area contributed by atoms with Crippen LogP contribution in [0.4, 0.5) is 5.69 Å². The molecule has 0 radical (unpaired) electrons. The third kappa shape index (κ3) is 2.37. The molecule has 3 heterocycles. The number of fused-ring (bicyclic) bond motifs is 1. The SMILES string of the molecule is N#CCOc1nn(C2CCC([N+]34CC[C@@H]3COC4)CC2)cc1N. The van der Waals surface area contributed by atoms with Gasteiger partial charge in [0.15, 0.2) is 13.3 Å². The molecule has 1 saturated carbocycles. The highest BCUT2D eigenvalue weighted by atomic mass is 16.5. The predicted octanol–water partition coefficient (Wildman–Crippen LogP) is 1.43. The number of nitriles is 1. The van der Waals surface area contributed by atoms with Gasteiger partial charge >= 0.3 is 0 Å². The van der Waals surface area contributed by atoms with Crippen LogP contribution < -0.4 is 10.5 Å². The first-order valence-electron chi connectivity index (χ1n) is 8.51. The van der Waals surface area contributed by atoms with E-state index in [9.17, 15) is 0 Å². The number of quaternary nitrogens is 1. The minimum absolute atomic E-state index is 0.0185. The van der Waals surface area contributed by atoms with Gasteiger partial charge in [0.2, 0.25) is 0 Å².